The Kier molecular flexibility index (Phi) is 5.11. The molecule has 1 aromatic heterocycles. The molecule has 0 saturated carbocycles. The van der Waals surface area contributed by atoms with Gasteiger partial charge in [-0.25, -0.2) is 4.98 Å². The van der Waals surface area contributed by atoms with Crippen LogP contribution in [-0.4, -0.2) is 36.4 Å². The maximum Gasteiger partial charge on any atom is 0.229 e. The van der Waals surface area contributed by atoms with Gasteiger partial charge in [-0.1, -0.05) is 15.9 Å². The highest BCUT2D eigenvalue weighted by atomic mass is 79.9. The highest BCUT2D eigenvalue weighted by Crippen LogP contribution is 2.27. The van der Waals surface area contributed by atoms with Gasteiger partial charge in [0.05, 0.1) is 17.8 Å². The van der Waals surface area contributed by atoms with E-state index < -0.39 is 0 Å². The number of anilines is 3. The van der Waals surface area contributed by atoms with E-state index in [4.69, 9.17) is 0 Å². The molecule has 2 aromatic rings. The summed E-state index contributed by atoms with van der Waals surface area (Å²) >= 11 is 3.39. The van der Waals surface area contributed by atoms with E-state index >= 15 is 0 Å². The Morgan fingerprint density at radius 3 is 2.52 bits per heavy atom. The average molecular weight is 429 g/mol. The van der Waals surface area contributed by atoms with Crippen LogP contribution >= 0.6 is 15.9 Å². The van der Waals surface area contributed by atoms with E-state index in [2.05, 4.69) is 31.1 Å². The molecule has 0 bridgehead atoms. The van der Waals surface area contributed by atoms with Gasteiger partial charge in [-0.3, -0.25) is 9.59 Å². The molecule has 1 atom stereocenters. The van der Waals surface area contributed by atoms with E-state index in [0.717, 1.165) is 29.1 Å². The summed E-state index contributed by atoms with van der Waals surface area (Å²) in [6, 6.07) is 11.4. The molecule has 1 aromatic carbocycles. The highest BCUT2D eigenvalue weighted by molar-refractivity contribution is 9.10. The van der Waals surface area contributed by atoms with Crippen molar-refractivity contribution >= 4 is 44.9 Å². The fourth-order valence-electron chi connectivity index (χ4n) is 3.59. The predicted molar refractivity (Wildman–Crippen MR) is 109 cm³/mol. The van der Waals surface area contributed by atoms with Crippen LogP contribution in [0.1, 0.15) is 19.3 Å². The molecule has 0 spiro atoms. The molecule has 3 heterocycles. The molecule has 2 amide bonds. The highest BCUT2D eigenvalue weighted by Gasteiger charge is 2.35. The molecular weight excluding hydrogens is 408 g/mol. The first-order valence-corrected chi connectivity index (χ1v) is 9.97. The van der Waals surface area contributed by atoms with Gasteiger partial charge in [0.1, 0.15) is 5.82 Å². The van der Waals surface area contributed by atoms with Crippen LogP contribution in [0, 0.1) is 5.92 Å². The average Bonchev–Trinajstić information content (AvgIpc) is 3.33. The summed E-state index contributed by atoms with van der Waals surface area (Å²) in [5.74, 6) is 0.418. The van der Waals surface area contributed by atoms with Crippen LogP contribution in [0.4, 0.5) is 17.2 Å². The number of amides is 2. The minimum atomic E-state index is -0.362. The van der Waals surface area contributed by atoms with E-state index in [1.807, 2.05) is 36.4 Å². The predicted octanol–water partition coefficient (Wildman–Crippen LogP) is 3.44. The first-order chi connectivity index (χ1) is 13.1. The zero-order chi connectivity index (χ0) is 18.8. The SMILES string of the molecule is O=C(Nc1ccc(N2CCCC2)nc1)C1CC(=O)N(c2ccc(Br)cc2)C1. The molecule has 27 heavy (non-hydrogen) atoms. The zero-order valence-electron chi connectivity index (χ0n) is 14.9. The Morgan fingerprint density at radius 1 is 1.11 bits per heavy atom. The monoisotopic (exact) mass is 428 g/mol. The van der Waals surface area contributed by atoms with Gasteiger partial charge in [-0.15, -0.1) is 0 Å². The van der Waals surface area contributed by atoms with Crippen LogP contribution in [-0.2, 0) is 9.59 Å². The van der Waals surface area contributed by atoms with Crippen molar-refractivity contribution in [2.24, 2.45) is 5.92 Å². The molecule has 2 fully saturated rings. The normalized spacial score (nSPS) is 19.6. The number of rotatable bonds is 4. The number of pyridine rings is 1. The summed E-state index contributed by atoms with van der Waals surface area (Å²) in [7, 11) is 0. The molecule has 6 nitrogen and oxygen atoms in total. The van der Waals surface area contributed by atoms with Crippen molar-refractivity contribution in [1.29, 1.82) is 0 Å². The number of carbonyl (C=O) groups excluding carboxylic acids is 2. The fraction of sp³-hybridized carbons (Fsp3) is 0.350. The van der Waals surface area contributed by atoms with E-state index in [9.17, 15) is 9.59 Å². The van der Waals surface area contributed by atoms with Gasteiger partial charge >= 0.3 is 0 Å². The van der Waals surface area contributed by atoms with Crippen LogP contribution in [0.3, 0.4) is 0 Å². The lowest BCUT2D eigenvalue weighted by atomic mass is 10.1. The number of hydrogen-bond donors (Lipinski definition) is 1. The molecular formula is C20H21BrN4O2. The summed E-state index contributed by atoms with van der Waals surface area (Å²) in [5, 5.41) is 2.90. The smallest absolute Gasteiger partial charge is 0.229 e. The second kappa shape index (κ2) is 7.68. The third kappa shape index (κ3) is 3.98. The molecule has 2 aliphatic rings. The summed E-state index contributed by atoms with van der Waals surface area (Å²) in [6.45, 7) is 2.47. The number of halogens is 1. The molecule has 7 heteroatoms. The summed E-state index contributed by atoms with van der Waals surface area (Å²) in [5.41, 5.74) is 1.48. The van der Waals surface area contributed by atoms with Crippen LogP contribution < -0.4 is 15.1 Å². The number of aromatic nitrogens is 1. The van der Waals surface area contributed by atoms with Crippen LogP contribution in [0.5, 0.6) is 0 Å². The summed E-state index contributed by atoms with van der Waals surface area (Å²) in [6.07, 6.45) is 4.31. The minimum absolute atomic E-state index is 0.0278. The van der Waals surface area contributed by atoms with Crippen LogP contribution in [0.15, 0.2) is 47.1 Å². The molecule has 1 N–H and O–H groups in total. The summed E-state index contributed by atoms with van der Waals surface area (Å²) < 4.78 is 0.956. The Hall–Kier alpha value is -2.41. The number of nitrogens with zero attached hydrogens (tertiary/aromatic N) is 3. The number of benzene rings is 1. The molecule has 0 radical (unpaired) electrons. The molecule has 140 valence electrons. The second-order valence-electron chi connectivity index (χ2n) is 6.97. The molecule has 1 unspecified atom stereocenters. The third-order valence-electron chi connectivity index (χ3n) is 5.08. The maximum absolute atomic E-state index is 12.6. The fourth-order valence-corrected chi connectivity index (χ4v) is 3.86. The van der Waals surface area contributed by atoms with E-state index in [1.165, 1.54) is 12.8 Å². The van der Waals surface area contributed by atoms with Gasteiger partial charge < -0.3 is 15.1 Å². The molecule has 2 saturated heterocycles. The first-order valence-electron chi connectivity index (χ1n) is 9.18. The van der Waals surface area contributed by atoms with Crippen molar-refractivity contribution in [3.05, 3.63) is 47.1 Å². The number of hydrogen-bond acceptors (Lipinski definition) is 4. The Balaban J connectivity index is 1.38. The Labute approximate surface area is 166 Å². The lowest BCUT2D eigenvalue weighted by Crippen LogP contribution is -2.28. The van der Waals surface area contributed by atoms with Crippen LogP contribution in [0.2, 0.25) is 0 Å². The largest absolute Gasteiger partial charge is 0.357 e. The van der Waals surface area contributed by atoms with Crippen molar-refractivity contribution in [2.75, 3.05) is 34.8 Å². The van der Waals surface area contributed by atoms with Gasteiger partial charge in [0, 0.05) is 36.2 Å². The first kappa shape index (κ1) is 18.0. The maximum atomic E-state index is 12.6. The van der Waals surface area contributed by atoms with Gasteiger partial charge in [0.25, 0.3) is 0 Å². The molecule has 4 rings (SSSR count). The van der Waals surface area contributed by atoms with E-state index in [0.29, 0.717) is 12.2 Å². The molecule has 0 aliphatic carbocycles. The van der Waals surface area contributed by atoms with Crippen molar-refractivity contribution < 1.29 is 9.59 Å². The topological polar surface area (TPSA) is 65.5 Å². The van der Waals surface area contributed by atoms with Crippen molar-refractivity contribution in [2.45, 2.75) is 19.3 Å². The van der Waals surface area contributed by atoms with Crippen molar-refractivity contribution in [3.8, 4) is 0 Å². The zero-order valence-corrected chi connectivity index (χ0v) is 16.5. The van der Waals surface area contributed by atoms with Crippen LogP contribution in [0.25, 0.3) is 0 Å². The lowest BCUT2D eigenvalue weighted by Gasteiger charge is -2.17. The second-order valence-corrected chi connectivity index (χ2v) is 7.89. The summed E-state index contributed by atoms with van der Waals surface area (Å²) in [4.78, 5) is 33.3. The molecule has 2 aliphatic heterocycles. The number of nitrogens with one attached hydrogen (secondary N) is 1. The van der Waals surface area contributed by atoms with Crippen molar-refractivity contribution in [3.63, 3.8) is 0 Å². The third-order valence-corrected chi connectivity index (χ3v) is 5.61. The Bertz CT molecular complexity index is 832. The van der Waals surface area contributed by atoms with E-state index in [1.54, 1.807) is 11.1 Å². The minimum Gasteiger partial charge on any atom is -0.357 e. The number of carbonyl (C=O) groups is 2. The quantitative estimate of drug-likeness (QED) is 0.809. The van der Waals surface area contributed by atoms with Gasteiger partial charge in [0.2, 0.25) is 11.8 Å². The van der Waals surface area contributed by atoms with Crippen molar-refractivity contribution in [1.82, 2.24) is 4.98 Å². The van der Waals surface area contributed by atoms with Gasteiger partial charge in [-0.05, 0) is 49.2 Å². The standard InChI is InChI=1S/C20H21BrN4O2/c21-15-3-6-17(7-4-15)25-13-14(11-19(25)26)20(27)23-16-5-8-18(22-12-16)24-9-1-2-10-24/h3-8,12,14H,1-2,9-11,13H2,(H,23,27). The lowest BCUT2D eigenvalue weighted by molar-refractivity contribution is -0.122. The van der Waals surface area contributed by atoms with Gasteiger partial charge in [-0.2, -0.15) is 0 Å². The van der Waals surface area contributed by atoms with E-state index in [-0.39, 0.29) is 24.2 Å². The van der Waals surface area contributed by atoms with Gasteiger partial charge in [0.15, 0.2) is 0 Å². The Morgan fingerprint density at radius 2 is 1.85 bits per heavy atom.